The number of alkyl halides is 3. The molecule has 0 saturated heterocycles. The molecule has 0 aliphatic rings. The maximum atomic E-state index is 12.3. The van der Waals surface area contributed by atoms with Gasteiger partial charge in [-0.1, -0.05) is 5.92 Å². The molecule has 0 aromatic carbocycles. The third-order valence-electron chi connectivity index (χ3n) is 0.844. The van der Waals surface area contributed by atoms with Gasteiger partial charge in [-0.2, -0.15) is 13.2 Å². The van der Waals surface area contributed by atoms with E-state index < -0.39 is 24.2 Å². The molecule has 68 valence electrons. The van der Waals surface area contributed by atoms with Crippen LogP contribution in [0.3, 0.4) is 0 Å². The molecule has 0 saturated carbocycles. The third-order valence-corrected chi connectivity index (χ3v) is 0.844. The fourth-order valence-corrected chi connectivity index (χ4v) is 0.441. The van der Waals surface area contributed by atoms with Gasteiger partial charge in [-0.05, 0) is 6.92 Å². The second-order valence-electron chi connectivity index (χ2n) is 1.87. The van der Waals surface area contributed by atoms with E-state index in [1.54, 1.807) is 0 Å². The summed E-state index contributed by atoms with van der Waals surface area (Å²) in [6, 6.07) is 0. The summed E-state index contributed by atoms with van der Waals surface area (Å²) in [6.45, 7) is 1.28. The molecule has 0 amide bonds. The van der Waals surface area contributed by atoms with Crippen LogP contribution in [0.15, 0.2) is 11.9 Å². The highest BCUT2D eigenvalue weighted by Gasteiger charge is 2.26. The van der Waals surface area contributed by atoms with E-state index in [4.69, 9.17) is 5.11 Å². The Balaban J connectivity index is 4.44. The quantitative estimate of drug-likeness (QED) is 0.484. The van der Waals surface area contributed by atoms with Crippen LogP contribution in [0.25, 0.3) is 0 Å². The summed E-state index contributed by atoms with van der Waals surface area (Å²) < 4.78 is 46.6. The first-order chi connectivity index (χ1) is 5.37. The minimum absolute atomic E-state index is 0.623. The lowest BCUT2D eigenvalue weighted by Gasteiger charge is -2.02. The summed E-state index contributed by atoms with van der Waals surface area (Å²) in [4.78, 5) is 0. The number of hydrogen-bond donors (Lipinski definition) is 1. The third kappa shape index (κ3) is 4.74. The van der Waals surface area contributed by atoms with E-state index in [0.717, 1.165) is 0 Å². The second-order valence-corrected chi connectivity index (χ2v) is 1.87. The highest BCUT2D eigenvalue weighted by atomic mass is 19.4. The van der Waals surface area contributed by atoms with Gasteiger partial charge in [-0.3, -0.25) is 0 Å². The summed E-state index contributed by atoms with van der Waals surface area (Å²) in [5, 5.41) is 8.56. The highest BCUT2D eigenvalue weighted by Crippen LogP contribution is 2.20. The van der Waals surface area contributed by atoms with Gasteiger partial charge < -0.3 is 5.11 Å². The topological polar surface area (TPSA) is 20.2 Å². The fraction of sp³-hybridized carbons (Fsp3) is 0.429. The molecule has 0 aromatic rings. The molecule has 0 heterocycles. The number of rotatable bonds is 1. The van der Waals surface area contributed by atoms with Crippen molar-refractivity contribution in [1.29, 1.82) is 0 Å². The molecule has 1 nitrogen and oxygen atoms in total. The van der Waals surface area contributed by atoms with Crippen LogP contribution in [0.1, 0.15) is 6.92 Å². The first kappa shape index (κ1) is 11.0. The van der Waals surface area contributed by atoms with Crippen molar-refractivity contribution in [3.8, 4) is 11.8 Å². The van der Waals surface area contributed by atoms with Crippen LogP contribution in [0.2, 0.25) is 0 Å². The van der Waals surface area contributed by atoms with Crippen molar-refractivity contribution in [3.63, 3.8) is 0 Å². The largest absolute Gasteiger partial charge is 0.412 e. The van der Waals surface area contributed by atoms with Gasteiger partial charge in [-0.25, -0.2) is 4.39 Å². The standard InChI is InChI=1S/C7H6F4O/c1-2-3-6(12)5(8)4-7(9,10)11/h4,6,12H,1H3. The maximum absolute atomic E-state index is 12.3. The SMILES string of the molecule is CC#CC(O)C(F)=CC(F)(F)F. The number of aliphatic hydroxyl groups excluding tert-OH is 1. The molecule has 0 bridgehead atoms. The Morgan fingerprint density at radius 1 is 1.50 bits per heavy atom. The number of allylic oxidation sites excluding steroid dienone is 1. The van der Waals surface area contributed by atoms with Crippen molar-refractivity contribution in [2.45, 2.75) is 19.2 Å². The van der Waals surface area contributed by atoms with Crippen molar-refractivity contribution in [1.82, 2.24) is 0 Å². The predicted octanol–water partition coefficient (Wildman–Crippen LogP) is 1.79. The molecular formula is C7H6F4O. The average Bonchev–Trinajstić information content (AvgIpc) is 1.84. The van der Waals surface area contributed by atoms with Gasteiger partial charge >= 0.3 is 6.18 Å². The van der Waals surface area contributed by atoms with Crippen LogP contribution in [0.4, 0.5) is 17.6 Å². The van der Waals surface area contributed by atoms with Gasteiger partial charge in [0.25, 0.3) is 0 Å². The molecule has 0 aliphatic heterocycles. The molecular weight excluding hydrogens is 176 g/mol. The molecule has 1 N–H and O–H groups in total. The van der Waals surface area contributed by atoms with Gasteiger partial charge in [0.05, 0.1) is 6.08 Å². The molecule has 5 heteroatoms. The molecule has 1 unspecified atom stereocenters. The van der Waals surface area contributed by atoms with Crippen molar-refractivity contribution in [2.75, 3.05) is 0 Å². The Bertz CT molecular complexity index is 230. The van der Waals surface area contributed by atoms with Crippen LogP contribution in [0.5, 0.6) is 0 Å². The van der Waals surface area contributed by atoms with Crippen LogP contribution in [0, 0.1) is 11.8 Å². The molecule has 0 spiro atoms. The smallest absolute Gasteiger partial charge is 0.374 e. The van der Waals surface area contributed by atoms with Crippen LogP contribution in [-0.2, 0) is 0 Å². The fourth-order valence-electron chi connectivity index (χ4n) is 0.441. The maximum Gasteiger partial charge on any atom is 0.412 e. The molecule has 0 aromatic heterocycles. The van der Waals surface area contributed by atoms with Gasteiger partial charge in [-0.15, -0.1) is 5.92 Å². The summed E-state index contributed by atoms with van der Waals surface area (Å²) in [6.07, 6.45) is -7.38. The normalized spacial score (nSPS) is 15.0. The molecule has 0 radical (unpaired) electrons. The zero-order valence-electron chi connectivity index (χ0n) is 6.11. The summed E-state index contributed by atoms with van der Waals surface area (Å²) in [5.41, 5.74) is 0. The molecule has 0 rings (SSSR count). The Hall–Kier alpha value is -1.02. The number of halogens is 4. The number of aliphatic hydroxyl groups is 1. The zero-order chi connectivity index (χ0) is 9.78. The van der Waals surface area contributed by atoms with E-state index in [2.05, 4.69) is 5.92 Å². The van der Waals surface area contributed by atoms with Gasteiger partial charge in [0.2, 0.25) is 0 Å². The monoisotopic (exact) mass is 182 g/mol. The van der Waals surface area contributed by atoms with E-state index in [0.29, 0.717) is 0 Å². The lowest BCUT2D eigenvalue weighted by molar-refractivity contribution is -0.0822. The minimum atomic E-state index is -4.76. The van der Waals surface area contributed by atoms with E-state index >= 15 is 0 Å². The summed E-state index contributed by atoms with van der Waals surface area (Å²) in [5.74, 6) is 2.22. The number of hydrogen-bond acceptors (Lipinski definition) is 1. The summed E-state index contributed by atoms with van der Waals surface area (Å²) >= 11 is 0. The minimum Gasteiger partial charge on any atom is -0.374 e. The van der Waals surface area contributed by atoms with E-state index in [1.165, 1.54) is 6.92 Å². The molecule has 0 fully saturated rings. The lowest BCUT2D eigenvalue weighted by atomic mass is 10.3. The van der Waals surface area contributed by atoms with Gasteiger partial charge in [0, 0.05) is 0 Å². The van der Waals surface area contributed by atoms with Gasteiger partial charge in [0.15, 0.2) is 6.10 Å². The Kier molecular flexibility index (Phi) is 3.77. The van der Waals surface area contributed by atoms with E-state index in [1.807, 2.05) is 5.92 Å². The van der Waals surface area contributed by atoms with E-state index in [9.17, 15) is 17.6 Å². The molecule has 12 heavy (non-hydrogen) atoms. The highest BCUT2D eigenvalue weighted by molar-refractivity contribution is 5.16. The molecule has 1 atom stereocenters. The Labute approximate surface area is 66.7 Å². The van der Waals surface area contributed by atoms with E-state index in [-0.39, 0.29) is 0 Å². The second kappa shape index (κ2) is 4.12. The Morgan fingerprint density at radius 3 is 2.33 bits per heavy atom. The lowest BCUT2D eigenvalue weighted by Crippen LogP contribution is -2.09. The summed E-state index contributed by atoms with van der Waals surface area (Å²) in [7, 11) is 0. The van der Waals surface area contributed by atoms with Crippen molar-refractivity contribution >= 4 is 0 Å². The first-order valence-electron chi connectivity index (χ1n) is 2.92. The first-order valence-corrected chi connectivity index (χ1v) is 2.92. The molecule has 0 aliphatic carbocycles. The van der Waals surface area contributed by atoms with Crippen LogP contribution >= 0.6 is 0 Å². The van der Waals surface area contributed by atoms with Gasteiger partial charge in [0.1, 0.15) is 5.83 Å². The average molecular weight is 182 g/mol. The van der Waals surface area contributed by atoms with Crippen molar-refractivity contribution in [2.24, 2.45) is 0 Å². The van der Waals surface area contributed by atoms with Crippen LogP contribution < -0.4 is 0 Å². The van der Waals surface area contributed by atoms with Crippen molar-refractivity contribution in [3.05, 3.63) is 11.9 Å². The van der Waals surface area contributed by atoms with Crippen LogP contribution in [-0.4, -0.2) is 17.4 Å². The van der Waals surface area contributed by atoms with Crippen molar-refractivity contribution < 1.29 is 22.7 Å². The predicted molar refractivity (Wildman–Crippen MR) is 34.7 cm³/mol. The Morgan fingerprint density at radius 2 is 2.00 bits per heavy atom. The zero-order valence-corrected chi connectivity index (χ0v) is 6.11.